The van der Waals surface area contributed by atoms with Crippen LogP contribution in [0.4, 0.5) is 4.39 Å². The molecule has 1 aromatic carbocycles. The molecule has 0 aromatic heterocycles. The van der Waals surface area contributed by atoms with Gasteiger partial charge in [0, 0.05) is 24.3 Å². The first-order valence-electron chi connectivity index (χ1n) is 7.68. The molecule has 1 heterocycles. The van der Waals surface area contributed by atoms with Crippen molar-refractivity contribution in [1.29, 1.82) is 0 Å². The van der Waals surface area contributed by atoms with Crippen LogP contribution in [0.1, 0.15) is 45.3 Å². The van der Waals surface area contributed by atoms with Gasteiger partial charge in [0.25, 0.3) is 0 Å². The molecule has 2 unspecified atom stereocenters. The van der Waals surface area contributed by atoms with Crippen molar-refractivity contribution in [2.75, 3.05) is 19.8 Å². The first kappa shape index (κ1) is 16.4. The second-order valence-corrected chi connectivity index (χ2v) is 6.61. The Labute approximate surface area is 126 Å². The smallest absolute Gasteiger partial charge is 0.129 e. The molecule has 1 aliphatic heterocycles. The highest BCUT2D eigenvalue weighted by atomic mass is 19.1. The van der Waals surface area contributed by atoms with E-state index in [0.717, 1.165) is 19.4 Å². The van der Waals surface area contributed by atoms with E-state index in [-0.39, 0.29) is 23.6 Å². The third kappa shape index (κ3) is 5.38. The highest BCUT2D eigenvalue weighted by Crippen LogP contribution is 2.23. The number of nitrogens with one attached hydrogen (secondary N) is 1. The minimum Gasteiger partial charge on any atom is -0.376 e. The molecule has 21 heavy (non-hydrogen) atoms. The molecule has 0 bridgehead atoms. The van der Waals surface area contributed by atoms with Crippen LogP contribution in [0.3, 0.4) is 0 Å². The maximum atomic E-state index is 14.0. The fraction of sp³-hybridized carbons (Fsp3) is 0.647. The monoisotopic (exact) mass is 295 g/mol. The van der Waals surface area contributed by atoms with Crippen molar-refractivity contribution in [3.05, 3.63) is 35.6 Å². The van der Waals surface area contributed by atoms with Gasteiger partial charge in [-0.25, -0.2) is 4.39 Å². The number of benzene rings is 1. The van der Waals surface area contributed by atoms with E-state index >= 15 is 0 Å². The Balaban J connectivity index is 2.00. The summed E-state index contributed by atoms with van der Waals surface area (Å²) < 4.78 is 25.6. The lowest BCUT2D eigenvalue weighted by molar-refractivity contribution is -0.0237. The molecule has 0 spiro atoms. The lowest BCUT2D eigenvalue weighted by atomic mass is 10.1. The van der Waals surface area contributed by atoms with Crippen LogP contribution < -0.4 is 5.32 Å². The van der Waals surface area contributed by atoms with Gasteiger partial charge in [0.15, 0.2) is 0 Å². The maximum absolute atomic E-state index is 14.0. The Bertz CT molecular complexity index is 439. The van der Waals surface area contributed by atoms with E-state index in [1.165, 1.54) is 6.07 Å². The highest BCUT2D eigenvalue weighted by Gasteiger charge is 2.22. The average molecular weight is 295 g/mol. The normalized spacial score (nSPS) is 20.7. The van der Waals surface area contributed by atoms with Crippen LogP contribution in [0.5, 0.6) is 0 Å². The molecule has 1 fully saturated rings. The van der Waals surface area contributed by atoms with Crippen LogP contribution in [0.25, 0.3) is 0 Å². The summed E-state index contributed by atoms with van der Waals surface area (Å²) in [6, 6.07) is 6.82. The summed E-state index contributed by atoms with van der Waals surface area (Å²) in [6.45, 7) is 8.17. The van der Waals surface area contributed by atoms with Crippen molar-refractivity contribution in [1.82, 2.24) is 5.32 Å². The summed E-state index contributed by atoms with van der Waals surface area (Å²) in [5.41, 5.74) is 0.573. The number of hydrogen-bond acceptors (Lipinski definition) is 3. The lowest BCUT2D eigenvalue weighted by Crippen LogP contribution is -2.39. The van der Waals surface area contributed by atoms with Gasteiger partial charge in [-0.2, -0.15) is 0 Å². The van der Waals surface area contributed by atoms with Gasteiger partial charge in [0.05, 0.1) is 18.8 Å². The zero-order chi connectivity index (χ0) is 15.3. The van der Waals surface area contributed by atoms with Crippen molar-refractivity contribution in [3.63, 3.8) is 0 Å². The average Bonchev–Trinajstić information content (AvgIpc) is 2.92. The minimum atomic E-state index is -0.297. The van der Waals surface area contributed by atoms with Crippen molar-refractivity contribution in [2.45, 2.75) is 51.4 Å². The van der Waals surface area contributed by atoms with Crippen LogP contribution >= 0.6 is 0 Å². The summed E-state index contributed by atoms with van der Waals surface area (Å²) >= 11 is 0. The molecule has 1 N–H and O–H groups in total. The van der Waals surface area contributed by atoms with Gasteiger partial charge in [-0.15, -0.1) is 0 Å². The molecular weight excluding hydrogens is 269 g/mol. The van der Waals surface area contributed by atoms with E-state index in [0.29, 0.717) is 18.7 Å². The van der Waals surface area contributed by atoms with Crippen molar-refractivity contribution < 1.29 is 13.9 Å². The Hall–Kier alpha value is -0.970. The van der Waals surface area contributed by atoms with Crippen molar-refractivity contribution >= 4 is 0 Å². The standard InChI is InChI=1S/C17H26FNO2/c1-17(2,3)19-11-16(14-8-4-5-9-15(14)18)21-12-13-7-6-10-20-13/h4-5,8-9,13,16,19H,6-7,10-12H2,1-3H3. The molecule has 118 valence electrons. The van der Waals surface area contributed by atoms with E-state index in [1.54, 1.807) is 12.1 Å². The quantitative estimate of drug-likeness (QED) is 0.872. The van der Waals surface area contributed by atoms with Crippen LogP contribution in [-0.2, 0) is 9.47 Å². The SMILES string of the molecule is CC(C)(C)NCC(OCC1CCCO1)c1ccccc1F. The Morgan fingerprint density at radius 3 is 2.76 bits per heavy atom. The van der Waals surface area contributed by atoms with Gasteiger partial charge in [-0.1, -0.05) is 18.2 Å². The second kappa shape index (κ2) is 7.34. The fourth-order valence-corrected chi connectivity index (χ4v) is 2.39. The van der Waals surface area contributed by atoms with Crippen LogP contribution in [-0.4, -0.2) is 31.4 Å². The minimum absolute atomic E-state index is 0.0310. The fourth-order valence-electron chi connectivity index (χ4n) is 2.39. The number of ether oxygens (including phenoxy) is 2. The molecule has 2 rings (SSSR count). The molecule has 0 amide bonds. The molecule has 3 nitrogen and oxygen atoms in total. The molecule has 0 aliphatic carbocycles. The summed E-state index contributed by atoms with van der Waals surface area (Å²) in [5, 5.41) is 3.39. The van der Waals surface area contributed by atoms with E-state index in [9.17, 15) is 4.39 Å². The van der Waals surface area contributed by atoms with Crippen molar-refractivity contribution in [2.24, 2.45) is 0 Å². The topological polar surface area (TPSA) is 30.5 Å². The lowest BCUT2D eigenvalue weighted by Gasteiger charge is -2.26. The molecule has 1 aliphatic rings. The molecule has 0 saturated carbocycles. The van der Waals surface area contributed by atoms with E-state index in [1.807, 2.05) is 6.07 Å². The summed E-state index contributed by atoms with van der Waals surface area (Å²) in [6.07, 6.45) is 1.96. The van der Waals surface area contributed by atoms with Crippen molar-refractivity contribution in [3.8, 4) is 0 Å². The van der Waals surface area contributed by atoms with Gasteiger partial charge in [0.2, 0.25) is 0 Å². The van der Waals surface area contributed by atoms with Gasteiger partial charge in [-0.05, 0) is 39.7 Å². The predicted octanol–water partition coefficient (Wildman–Crippen LogP) is 3.45. The molecule has 4 heteroatoms. The Kier molecular flexibility index (Phi) is 5.73. The first-order chi connectivity index (χ1) is 9.96. The molecule has 1 saturated heterocycles. The Morgan fingerprint density at radius 1 is 1.38 bits per heavy atom. The zero-order valence-electron chi connectivity index (χ0n) is 13.2. The van der Waals surface area contributed by atoms with Gasteiger partial charge < -0.3 is 14.8 Å². The van der Waals surface area contributed by atoms with Crippen LogP contribution in [0, 0.1) is 5.82 Å². The van der Waals surface area contributed by atoms with E-state index < -0.39 is 0 Å². The molecule has 1 aromatic rings. The predicted molar refractivity (Wildman–Crippen MR) is 81.8 cm³/mol. The van der Waals surface area contributed by atoms with Gasteiger partial charge >= 0.3 is 0 Å². The summed E-state index contributed by atoms with van der Waals surface area (Å²) in [7, 11) is 0. The zero-order valence-corrected chi connectivity index (χ0v) is 13.2. The summed E-state index contributed by atoms with van der Waals surface area (Å²) in [4.78, 5) is 0. The van der Waals surface area contributed by atoms with Crippen LogP contribution in [0.2, 0.25) is 0 Å². The highest BCUT2D eigenvalue weighted by molar-refractivity contribution is 5.20. The second-order valence-electron chi connectivity index (χ2n) is 6.61. The van der Waals surface area contributed by atoms with Gasteiger partial charge in [0.1, 0.15) is 5.82 Å². The number of hydrogen-bond donors (Lipinski definition) is 1. The molecule has 2 atom stereocenters. The molecular formula is C17H26FNO2. The third-order valence-electron chi connectivity index (χ3n) is 3.58. The molecule has 0 radical (unpaired) electrons. The third-order valence-corrected chi connectivity index (χ3v) is 3.58. The van der Waals surface area contributed by atoms with E-state index in [2.05, 4.69) is 26.1 Å². The largest absolute Gasteiger partial charge is 0.376 e. The van der Waals surface area contributed by atoms with Gasteiger partial charge in [-0.3, -0.25) is 0 Å². The van der Waals surface area contributed by atoms with Crippen LogP contribution in [0.15, 0.2) is 24.3 Å². The van der Waals surface area contributed by atoms with E-state index in [4.69, 9.17) is 9.47 Å². The summed E-state index contributed by atoms with van der Waals surface area (Å²) in [5.74, 6) is -0.217. The number of rotatable bonds is 6. The Morgan fingerprint density at radius 2 is 2.14 bits per heavy atom. The maximum Gasteiger partial charge on any atom is 0.129 e. The number of halogens is 1. The first-order valence-corrected chi connectivity index (χ1v) is 7.68.